The number of benzene rings is 2. The van der Waals surface area contributed by atoms with E-state index in [4.69, 9.17) is 5.73 Å². The smallest absolute Gasteiger partial charge is 0.0492 e. The summed E-state index contributed by atoms with van der Waals surface area (Å²) >= 11 is 0. The number of H-pyrrole nitrogens is 1. The predicted molar refractivity (Wildman–Crippen MR) is 121 cm³/mol. The molecule has 5 rings (SSSR count). The number of nitrogens with one attached hydrogen (secondary N) is 1. The molecule has 152 valence electrons. The van der Waals surface area contributed by atoms with Gasteiger partial charge in [0.15, 0.2) is 0 Å². The summed E-state index contributed by atoms with van der Waals surface area (Å²) in [6, 6.07) is 16.3. The Morgan fingerprint density at radius 2 is 2.00 bits per heavy atom. The van der Waals surface area contributed by atoms with Crippen LogP contribution in [0.1, 0.15) is 54.1 Å². The molecule has 2 aliphatic heterocycles. The molecule has 1 fully saturated rings. The van der Waals surface area contributed by atoms with E-state index in [1.54, 1.807) is 0 Å². The van der Waals surface area contributed by atoms with Gasteiger partial charge in [0, 0.05) is 47.6 Å². The van der Waals surface area contributed by atoms with Crippen molar-refractivity contribution in [1.29, 1.82) is 0 Å². The SMILES string of the molecule is Cc1cc(CC(C)(CN)c2ccccc2)c2[nH]c3c(c2c1)CN1CCCCC1C3. The van der Waals surface area contributed by atoms with E-state index < -0.39 is 0 Å². The highest BCUT2D eigenvalue weighted by atomic mass is 15.2. The number of piperidine rings is 1. The molecule has 2 unspecified atom stereocenters. The predicted octanol–water partition coefficient (Wildman–Crippen LogP) is 4.85. The molecular formula is C26H33N3. The first-order valence-electron chi connectivity index (χ1n) is 11.2. The summed E-state index contributed by atoms with van der Waals surface area (Å²) in [4.78, 5) is 6.59. The summed E-state index contributed by atoms with van der Waals surface area (Å²) < 4.78 is 0. The molecule has 0 saturated carbocycles. The highest BCUT2D eigenvalue weighted by Crippen LogP contribution is 2.37. The maximum atomic E-state index is 6.33. The van der Waals surface area contributed by atoms with Crippen LogP contribution in [0, 0.1) is 6.92 Å². The van der Waals surface area contributed by atoms with Gasteiger partial charge in [0.2, 0.25) is 0 Å². The van der Waals surface area contributed by atoms with Gasteiger partial charge in [0.25, 0.3) is 0 Å². The van der Waals surface area contributed by atoms with E-state index in [-0.39, 0.29) is 5.41 Å². The van der Waals surface area contributed by atoms with Crippen LogP contribution in [0.5, 0.6) is 0 Å². The van der Waals surface area contributed by atoms with Gasteiger partial charge in [-0.05, 0) is 55.5 Å². The third-order valence-corrected chi connectivity index (χ3v) is 7.38. The molecule has 0 amide bonds. The first-order valence-corrected chi connectivity index (χ1v) is 11.2. The van der Waals surface area contributed by atoms with Crippen LogP contribution in [-0.4, -0.2) is 29.0 Å². The summed E-state index contributed by atoms with van der Waals surface area (Å²) in [5, 5.41) is 1.44. The number of hydrogen-bond donors (Lipinski definition) is 2. The van der Waals surface area contributed by atoms with Gasteiger partial charge in [-0.3, -0.25) is 4.90 Å². The van der Waals surface area contributed by atoms with Crippen molar-refractivity contribution in [1.82, 2.24) is 9.88 Å². The van der Waals surface area contributed by atoms with E-state index in [9.17, 15) is 0 Å². The van der Waals surface area contributed by atoms with Crippen LogP contribution in [0.25, 0.3) is 10.9 Å². The highest BCUT2D eigenvalue weighted by Gasteiger charge is 2.32. The number of aromatic amines is 1. The minimum atomic E-state index is -0.0644. The van der Waals surface area contributed by atoms with E-state index in [1.807, 2.05) is 0 Å². The van der Waals surface area contributed by atoms with Gasteiger partial charge in [-0.2, -0.15) is 0 Å². The Bertz CT molecular complexity index is 1020. The lowest BCUT2D eigenvalue weighted by Crippen LogP contribution is -2.43. The van der Waals surface area contributed by atoms with Gasteiger partial charge >= 0.3 is 0 Å². The maximum Gasteiger partial charge on any atom is 0.0492 e. The molecule has 2 aromatic carbocycles. The Kier molecular flexibility index (Phi) is 4.76. The molecule has 3 aromatic rings. The average Bonchev–Trinajstić information content (AvgIpc) is 3.10. The lowest BCUT2D eigenvalue weighted by Gasteiger charge is -2.39. The number of aromatic nitrogens is 1. The molecule has 2 aliphatic rings. The first-order chi connectivity index (χ1) is 14.1. The summed E-state index contributed by atoms with van der Waals surface area (Å²) in [5.74, 6) is 0. The zero-order valence-electron chi connectivity index (χ0n) is 17.8. The fraction of sp³-hybridized carbons (Fsp3) is 0.462. The van der Waals surface area contributed by atoms with E-state index in [0.29, 0.717) is 6.54 Å². The van der Waals surface area contributed by atoms with Crippen LogP contribution in [0.3, 0.4) is 0 Å². The number of fused-ring (bicyclic) bond motifs is 4. The molecule has 3 N–H and O–H groups in total. The van der Waals surface area contributed by atoms with Crippen LogP contribution in [0.4, 0.5) is 0 Å². The van der Waals surface area contributed by atoms with Crippen molar-refractivity contribution >= 4 is 10.9 Å². The number of rotatable bonds is 4. The summed E-state index contributed by atoms with van der Waals surface area (Å²) in [5.41, 5.74) is 14.7. The topological polar surface area (TPSA) is 45.1 Å². The molecule has 0 radical (unpaired) electrons. The normalized spacial score (nSPS) is 21.6. The molecule has 3 nitrogen and oxygen atoms in total. The van der Waals surface area contributed by atoms with Gasteiger partial charge in [-0.15, -0.1) is 0 Å². The van der Waals surface area contributed by atoms with Crippen molar-refractivity contribution in [3.8, 4) is 0 Å². The number of nitrogens with two attached hydrogens (primary N) is 1. The fourth-order valence-electron chi connectivity index (χ4n) is 5.62. The zero-order chi connectivity index (χ0) is 20.0. The van der Waals surface area contributed by atoms with E-state index in [0.717, 1.165) is 19.0 Å². The quantitative estimate of drug-likeness (QED) is 0.672. The van der Waals surface area contributed by atoms with Gasteiger partial charge in [0.05, 0.1) is 0 Å². The largest absolute Gasteiger partial charge is 0.358 e. The minimum Gasteiger partial charge on any atom is -0.358 e. The van der Waals surface area contributed by atoms with Crippen LogP contribution >= 0.6 is 0 Å². The Hall–Kier alpha value is -2.10. The molecule has 29 heavy (non-hydrogen) atoms. The lowest BCUT2D eigenvalue weighted by molar-refractivity contribution is 0.127. The molecule has 1 saturated heterocycles. The van der Waals surface area contributed by atoms with Gasteiger partial charge in [0.1, 0.15) is 0 Å². The van der Waals surface area contributed by atoms with Crippen molar-refractivity contribution in [2.75, 3.05) is 13.1 Å². The van der Waals surface area contributed by atoms with E-state index in [2.05, 4.69) is 66.2 Å². The monoisotopic (exact) mass is 387 g/mol. The van der Waals surface area contributed by atoms with Gasteiger partial charge < -0.3 is 10.7 Å². The zero-order valence-corrected chi connectivity index (χ0v) is 17.8. The minimum absolute atomic E-state index is 0.0644. The second-order valence-corrected chi connectivity index (χ2v) is 9.56. The molecule has 0 aliphatic carbocycles. The third-order valence-electron chi connectivity index (χ3n) is 7.38. The molecule has 3 heterocycles. The second-order valence-electron chi connectivity index (χ2n) is 9.56. The molecule has 1 aromatic heterocycles. The number of hydrogen-bond acceptors (Lipinski definition) is 2. The second kappa shape index (κ2) is 7.30. The standard InChI is InChI=1S/C26H33N3/c1-18-12-19(15-26(2,17-27)20-8-4-3-5-9-20)25-22(13-18)23-16-29-11-7-6-10-21(29)14-24(23)28-25/h3-5,8-9,12-13,21,28H,6-7,10-11,14-17,27H2,1-2H3. The van der Waals surface area contributed by atoms with E-state index >= 15 is 0 Å². The summed E-state index contributed by atoms with van der Waals surface area (Å²) in [6.45, 7) is 7.55. The Morgan fingerprint density at radius 1 is 1.17 bits per heavy atom. The summed E-state index contributed by atoms with van der Waals surface area (Å²) in [7, 11) is 0. The molecular weight excluding hydrogens is 354 g/mol. The van der Waals surface area contributed by atoms with Crippen molar-refractivity contribution < 1.29 is 0 Å². The van der Waals surface area contributed by atoms with Crippen LogP contribution in [-0.2, 0) is 24.8 Å². The van der Waals surface area contributed by atoms with Crippen molar-refractivity contribution in [3.05, 3.63) is 70.4 Å². The maximum absolute atomic E-state index is 6.33. The number of aryl methyl sites for hydroxylation is 1. The summed E-state index contributed by atoms with van der Waals surface area (Å²) in [6.07, 6.45) is 6.21. The lowest BCUT2D eigenvalue weighted by atomic mass is 9.77. The van der Waals surface area contributed by atoms with Crippen molar-refractivity contribution in [2.24, 2.45) is 5.73 Å². The van der Waals surface area contributed by atoms with Crippen LogP contribution in [0.15, 0.2) is 42.5 Å². The molecule has 0 bridgehead atoms. The Labute approximate surface area is 174 Å². The van der Waals surface area contributed by atoms with Crippen molar-refractivity contribution in [2.45, 2.75) is 64.0 Å². The van der Waals surface area contributed by atoms with Gasteiger partial charge in [-0.1, -0.05) is 55.3 Å². The molecule has 2 atom stereocenters. The fourth-order valence-corrected chi connectivity index (χ4v) is 5.62. The van der Waals surface area contributed by atoms with Crippen LogP contribution < -0.4 is 5.73 Å². The Balaban J connectivity index is 1.57. The van der Waals surface area contributed by atoms with E-state index in [1.165, 1.54) is 71.1 Å². The Morgan fingerprint density at radius 3 is 2.79 bits per heavy atom. The van der Waals surface area contributed by atoms with Crippen molar-refractivity contribution in [3.63, 3.8) is 0 Å². The number of nitrogens with zero attached hydrogens (tertiary/aromatic N) is 1. The first kappa shape index (κ1) is 18.9. The van der Waals surface area contributed by atoms with Gasteiger partial charge in [-0.25, -0.2) is 0 Å². The molecule has 0 spiro atoms. The molecule has 3 heteroatoms. The average molecular weight is 388 g/mol. The third kappa shape index (κ3) is 3.31. The highest BCUT2D eigenvalue weighted by molar-refractivity contribution is 5.88. The van der Waals surface area contributed by atoms with Crippen LogP contribution in [0.2, 0.25) is 0 Å².